The van der Waals surface area contributed by atoms with E-state index in [1.807, 2.05) is 0 Å². The average molecular weight is 293 g/mol. The van der Waals surface area contributed by atoms with Crippen molar-refractivity contribution < 1.29 is 18.7 Å². The van der Waals surface area contributed by atoms with E-state index in [4.69, 9.17) is 20.8 Å². The molecule has 0 bridgehead atoms. The van der Waals surface area contributed by atoms with Crippen molar-refractivity contribution >= 4 is 34.8 Å². The third-order valence-corrected chi connectivity index (χ3v) is 3.01. The molecule has 0 unspecified atom stereocenters. The number of fused-ring (bicyclic) bond motifs is 1. The Bertz CT molecular complexity index is 682. The summed E-state index contributed by atoms with van der Waals surface area (Å²) in [6.07, 6.45) is 1.40. The molecule has 0 fully saturated rings. The number of hydrogen-bond donors (Lipinski definition) is 2. The maximum atomic E-state index is 11.9. The molecule has 0 spiro atoms. The fourth-order valence-electron chi connectivity index (χ4n) is 1.79. The van der Waals surface area contributed by atoms with Gasteiger partial charge >= 0.3 is 0 Å². The molecule has 2 amide bonds. The van der Waals surface area contributed by atoms with Crippen molar-refractivity contribution in [3.8, 4) is 5.75 Å². The first-order chi connectivity index (χ1) is 9.63. The van der Waals surface area contributed by atoms with E-state index in [0.29, 0.717) is 17.1 Å². The predicted octanol–water partition coefficient (Wildman–Crippen LogP) is 2.52. The first-order valence-electron chi connectivity index (χ1n) is 5.74. The van der Waals surface area contributed by atoms with Crippen molar-refractivity contribution in [3.63, 3.8) is 0 Å². The molecule has 2 aromatic rings. The summed E-state index contributed by atoms with van der Waals surface area (Å²) in [4.78, 5) is 23.1. The van der Waals surface area contributed by atoms with Gasteiger partial charge in [0.1, 0.15) is 5.75 Å². The van der Waals surface area contributed by atoms with Gasteiger partial charge in [-0.1, -0.05) is 11.6 Å². The molecule has 20 heavy (non-hydrogen) atoms. The fraction of sp³-hybridized carbons (Fsp3) is 0.0769. The molecular weight excluding hydrogens is 284 g/mol. The van der Waals surface area contributed by atoms with Crippen LogP contribution in [-0.4, -0.2) is 18.4 Å². The van der Waals surface area contributed by atoms with Gasteiger partial charge in [-0.15, -0.1) is 0 Å². The minimum atomic E-state index is -0.420. The third-order valence-electron chi connectivity index (χ3n) is 2.70. The van der Waals surface area contributed by atoms with E-state index in [1.165, 1.54) is 12.3 Å². The van der Waals surface area contributed by atoms with E-state index >= 15 is 0 Å². The second kappa shape index (κ2) is 4.90. The van der Waals surface area contributed by atoms with Crippen LogP contribution in [-0.2, 0) is 4.79 Å². The first-order valence-corrected chi connectivity index (χ1v) is 6.12. The summed E-state index contributed by atoms with van der Waals surface area (Å²) in [7, 11) is 0. The Balaban J connectivity index is 1.87. The summed E-state index contributed by atoms with van der Waals surface area (Å²) in [6, 6.07) is 6.23. The zero-order valence-electron chi connectivity index (χ0n) is 10.1. The number of nitrogens with one attached hydrogen (secondary N) is 2. The molecular formula is C13H9ClN2O4. The second-order valence-corrected chi connectivity index (χ2v) is 4.50. The van der Waals surface area contributed by atoms with Gasteiger partial charge < -0.3 is 19.8 Å². The van der Waals surface area contributed by atoms with E-state index in [2.05, 4.69) is 10.6 Å². The summed E-state index contributed by atoms with van der Waals surface area (Å²) in [5.41, 5.74) is 0.852. The minimum Gasteiger partial charge on any atom is -0.482 e. The highest BCUT2D eigenvalue weighted by atomic mass is 35.5. The van der Waals surface area contributed by atoms with Crippen LogP contribution >= 0.6 is 11.6 Å². The van der Waals surface area contributed by atoms with E-state index < -0.39 is 5.91 Å². The highest BCUT2D eigenvalue weighted by Gasteiger charge is 2.19. The number of carbonyl (C=O) groups is 2. The summed E-state index contributed by atoms with van der Waals surface area (Å²) in [6.45, 7) is -0.0692. The number of amides is 2. The summed E-state index contributed by atoms with van der Waals surface area (Å²) in [5, 5.41) is 5.53. The van der Waals surface area contributed by atoms with Gasteiger partial charge in [0.05, 0.1) is 22.7 Å². The molecule has 2 N–H and O–H groups in total. The zero-order valence-corrected chi connectivity index (χ0v) is 10.9. The van der Waals surface area contributed by atoms with Gasteiger partial charge in [0.25, 0.3) is 11.8 Å². The predicted molar refractivity (Wildman–Crippen MR) is 72.2 cm³/mol. The molecule has 0 saturated heterocycles. The monoisotopic (exact) mass is 292 g/mol. The smallest absolute Gasteiger partial charge is 0.291 e. The lowest BCUT2D eigenvalue weighted by Gasteiger charge is -2.19. The molecule has 1 aromatic heterocycles. The Morgan fingerprint density at radius 1 is 1.40 bits per heavy atom. The molecule has 0 radical (unpaired) electrons. The lowest BCUT2D eigenvalue weighted by atomic mass is 10.2. The molecule has 2 heterocycles. The van der Waals surface area contributed by atoms with Crippen LogP contribution in [0.3, 0.4) is 0 Å². The number of furan rings is 1. The molecule has 7 heteroatoms. The maximum absolute atomic E-state index is 11.9. The molecule has 6 nitrogen and oxygen atoms in total. The maximum Gasteiger partial charge on any atom is 0.291 e. The van der Waals surface area contributed by atoms with Gasteiger partial charge in [0.2, 0.25) is 0 Å². The fourth-order valence-corrected chi connectivity index (χ4v) is 2.00. The number of carbonyl (C=O) groups excluding carboxylic acids is 2. The Hall–Kier alpha value is -2.47. The SMILES string of the molecule is O=C1COc2cc(NC(=O)c3ccco3)c(Cl)cc2N1. The van der Waals surface area contributed by atoms with Crippen LogP contribution in [0.4, 0.5) is 11.4 Å². The molecule has 1 aromatic carbocycles. The van der Waals surface area contributed by atoms with Crippen molar-refractivity contribution in [1.29, 1.82) is 0 Å². The second-order valence-electron chi connectivity index (χ2n) is 4.10. The van der Waals surface area contributed by atoms with Crippen LogP contribution in [0.5, 0.6) is 5.75 Å². The van der Waals surface area contributed by atoms with Gasteiger partial charge in [0, 0.05) is 6.07 Å². The topological polar surface area (TPSA) is 80.6 Å². The van der Waals surface area contributed by atoms with E-state index in [9.17, 15) is 9.59 Å². The highest BCUT2D eigenvalue weighted by Crippen LogP contribution is 2.36. The number of hydrogen-bond acceptors (Lipinski definition) is 4. The summed E-state index contributed by atoms with van der Waals surface area (Å²) < 4.78 is 10.2. The highest BCUT2D eigenvalue weighted by molar-refractivity contribution is 6.34. The van der Waals surface area contributed by atoms with Crippen LogP contribution in [0.2, 0.25) is 5.02 Å². The van der Waals surface area contributed by atoms with Gasteiger partial charge in [0.15, 0.2) is 12.4 Å². The average Bonchev–Trinajstić information content (AvgIpc) is 2.94. The van der Waals surface area contributed by atoms with Crippen molar-refractivity contribution in [3.05, 3.63) is 41.3 Å². The van der Waals surface area contributed by atoms with Crippen LogP contribution < -0.4 is 15.4 Å². The first kappa shape index (κ1) is 12.6. The Labute approximate surface area is 118 Å². The normalized spacial score (nSPS) is 13.2. The van der Waals surface area contributed by atoms with Crippen LogP contribution in [0.15, 0.2) is 34.9 Å². The van der Waals surface area contributed by atoms with E-state index in [1.54, 1.807) is 18.2 Å². The number of rotatable bonds is 2. The third kappa shape index (κ3) is 2.33. The lowest BCUT2D eigenvalue weighted by Crippen LogP contribution is -2.25. The minimum absolute atomic E-state index is 0.0692. The van der Waals surface area contributed by atoms with Crippen molar-refractivity contribution in [2.24, 2.45) is 0 Å². The van der Waals surface area contributed by atoms with Crippen LogP contribution in [0.1, 0.15) is 10.6 Å². The molecule has 1 aliphatic rings. The Kier molecular flexibility index (Phi) is 3.08. The van der Waals surface area contributed by atoms with Gasteiger partial charge in [-0.25, -0.2) is 0 Å². The molecule has 3 rings (SSSR count). The largest absolute Gasteiger partial charge is 0.482 e. The van der Waals surface area contributed by atoms with E-state index in [-0.39, 0.29) is 23.3 Å². The Morgan fingerprint density at radius 2 is 2.25 bits per heavy atom. The Morgan fingerprint density at radius 3 is 3.00 bits per heavy atom. The van der Waals surface area contributed by atoms with Crippen molar-refractivity contribution in [1.82, 2.24) is 0 Å². The standard InChI is InChI=1S/C13H9ClN2O4/c14-7-4-9-11(20-6-12(17)15-9)5-8(7)16-13(18)10-2-1-3-19-10/h1-5H,6H2,(H,15,17)(H,16,18). The zero-order chi connectivity index (χ0) is 14.1. The van der Waals surface area contributed by atoms with Crippen molar-refractivity contribution in [2.45, 2.75) is 0 Å². The number of benzene rings is 1. The quantitative estimate of drug-likeness (QED) is 0.891. The van der Waals surface area contributed by atoms with Crippen molar-refractivity contribution in [2.75, 3.05) is 17.2 Å². The number of anilines is 2. The van der Waals surface area contributed by atoms with Crippen LogP contribution in [0, 0.1) is 0 Å². The number of halogens is 1. The van der Waals surface area contributed by atoms with Gasteiger partial charge in [-0.3, -0.25) is 9.59 Å². The lowest BCUT2D eigenvalue weighted by molar-refractivity contribution is -0.118. The number of ether oxygens (including phenoxy) is 1. The summed E-state index contributed by atoms with van der Waals surface area (Å²) >= 11 is 6.06. The molecule has 102 valence electrons. The van der Waals surface area contributed by atoms with Crippen LogP contribution in [0.25, 0.3) is 0 Å². The van der Waals surface area contributed by atoms with Gasteiger partial charge in [-0.2, -0.15) is 0 Å². The molecule has 0 saturated carbocycles. The molecule has 0 aliphatic carbocycles. The molecule has 1 aliphatic heterocycles. The van der Waals surface area contributed by atoms with E-state index in [0.717, 1.165) is 0 Å². The van der Waals surface area contributed by atoms with Gasteiger partial charge in [-0.05, 0) is 18.2 Å². The molecule has 0 atom stereocenters. The summed E-state index contributed by atoms with van der Waals surface area (Å²) in [5.74, 6) is -0.0469.